The number of sulfonamides is 1. The molecule has 11 nitrogen and oxygen atoms in total. The maximum atomic E-state index is 13.3. The molecule has 0 spiro atoms. The molecule has 41 heavy (non-hydrogen) atoms. The first-order valence-corrected chi connectivity index (χ1v) is 14.4. The van der Waals surface area contributed by atoms with Crippen molar-refractivity contribution in [3.05, 3.63) is 105 Å². The van der Waals surface area contributed by atoms with Crippen LogP contribution in [0.15, 0.2) is 93.5 Å². The Morgan fingerprint density at radius 1 is 0.976 bits per heavy atom. The molecule has 4 aromatic rings. The molecule has 1 amide bonds. The smallest absolute Gasteiger partial charge is 0.335 e. The summed E-state index contributed by atoms with van der Waals surface area (Å²) in [6.45, 7) is 0.150. The second-order valence-electron chi connectivity index (χ2n) is 9.86. The molecule has 3 aromatic carbocycles. The van der Waals surface area contributed by atoms with Crippen molar-refractivity contribution in [2.24, 2.45) is 7.05 Å². The van der Waals surface area contributed by atoms with E-state index in [0.29, 0.717) is 28.4 Å². The average Bonchev–Trinajstić information content (AvgIpc) is 3.47. The summed E-state index contributed by atoms with van der Waals surface area (Å²) in [6, 6.07) is 16.9. The molecule has 5 rings (SSSR count). The summed E-state index contributed by atoms with van der Waals surface area (Å²) in [5.41, 5.74) is -0.122. The number of nitrogens with zero attached hydrogens (tertiary/aromatic N) is 3. The van der Waals surface area contributed by atoms with Crippen LogP contribution in [-0.4, -0.2) is 57.5 Å². The molecule has 1 aromatic heterocycles. The molecule has 0 aliphatic carbocycles. The quantitative estimate of drug-likeness (QED) is 0.324. The van der Waals surface area contributed by atoms with Gasteiger partial charge in [0.2, 0.25) is 15.9 Å². The van der Waals surface area contributed by atoms with Crippen molar-refractivity contribution >= 4 is 32.7 Å². The molecule has 0 unspecified atom stereocenters. The van der Waals surface area contributed by atoms with Crippen molar-refractivity contribution in [1.82, 2.24) is 18.8 Å². The van der Waals surface area contributed by atoms with Crippen LogP contribution in [0.2, 0.25) is 0 Å². The first-order chi connectivity index (χ1) is 19.6. The van der Waals surface area contributed by atoms with Crippen LogP contribution in [0.4, 0.5) is 0 Å². The van der Waals surface area contributed by atoms with Crippen LogP contribution in [0.3, 0.4) is 0 Å². The van der Waals surface area contributed by atoms with Crippen LogP contribution < -0.4 is 16.6 Å². The lowest BCUT2D eigenvalue weighted by Crippen LogP contribution is -2.51. The van der Waals surface area contributed by atoms with Gasteiger partial charge in [0.25, 0.3) is 5.56 Å². The zero-order valence-electron chi connectivity index (χ0n) is 22.1. The van der Waals surface area contributed by atoms with Gasteiger partial charge in [-0.1, -0.05) is 48.5 Å². The van der Waals surface area contributed by atoms with E-state index in [4.69, 9.17) is 0 Å². The van der Waals surface area contributed by atoms with E-state index in [0.717, 1.165) is 8.87 Å². The largest absolute Gasteiger partial charge is 0.480 e. The van der Waals surface area contributed by atoms with Crippen molar-refractivity contribution in [2.75, 3.05) is 6.54 Å². The predicted molar refractivity (Wildman–Crippen MR) is 151 cm³/mol. The third kappa shape index (κ3) is 5.31. The highest BCUT2D eigenvalue weighted by atomic mass is 32.2. The van der Waals surface area contributed by atoms with Crippen LogP contribution in [0.1, 0.15) is 18.4 Å². The molecular formula is C29H28N4O7S. The second-order valence-corrected chi connectivity index (χ2v) is 11.8. The molecule has 0 radical (unpaired) electrons. The Morgan fingerprint density at radius 3 is 2.41 bits per heavy atom. The first kappa shape index (κ1) is 28.0. The van der Waals surface area contributed by atoms with E-state index in [1.54, 1.807) is 54.6 Å². The van der Waals surface area contributed by atoms with Gasteiger partial charge in [0.1, 0.15) is 12.1 Å². The lowest BCUT2D eigenvalue weighted by Gasteiger charge is -2.25. The number of aliphatic carboxylic acids is 1. The second kappa shape index (κ2) is 11.1. The van der Waals surface area contributed by atoms with E-state index in [-0.39, 0.29) is 24.3 Å². The van der Waals surface area contributed by atoms with Crippen molar-refractivity contribution < 1.29 is 23.1 Å². The molecule has 0 bridgehead atoms. The van der Waals surface area contributed by atoms with Gasteiger partial charge in [0, 0.05) is 37.7 Å². The fourth-order valence-electron chi connectivity index (χ4n) is 5.22. The summed E-state index contributed by atoms with van der Waals surface area (Å²) in [6.07, 6.45) is 2.01. The molecular weight excluding hydrogens is 548 g/mol. The Kier molecular flexibility index (Phi) is 7.61. The Morgan fingerprint density at radius 2 is 1.68 bits per heavy atom. The highest BCUT2D eigenvalue weighted by Gasteiger charge is 2.40. The van der Waals surface area contributed by atoms with E-state index in [1.165, 1.54) is 36.0 Å². The molecule has 1 aliphatic heterocycles. The summed E-state index contributed by atoms with van der Waals surface area (Å²) in [4.78, 5) is 51.0. The number of carboxylic acid groups (broad SMARTS) is 1. The number of fused-ring (bicyclic) bond motifs is 1. The van der Waals surface area contributed by atoms with E-state index in [2.05, 4.69) is 5.32 Å². The highest BCUT2D eigenvalue weighted by Crippen LogP contribution is 2.27. The summed E-state index contributed by atoms with van der Waals surface area (Å²) in [7, 11) is -2.41. The fraction of sp³-hybridized carbons (Fsp3) is 0.241. The van der Waals surface area contributed by atoms with Gasteiger partial charge in [-0.05, 0) is 42.0 Å². The van der Waals surface area contributed by atoms with Crippen LogP contribution in [0.5, 0.6) is 0 Å². The van der Waals surface area contributed by atoms with Gasteiger partial charge in [0.15, 0.2) is 0 Å². The number of hydrogen-bond donors (Lipinski definition) is 2. The van der Waals surface area contributed by atoms with E-state index < -0.39 is 45.2 Å². The maximum absolute atomic E-state index is 13.3. The predicted octanol–water partition coefficient (Wildman–Crippen LogP) is 1.65. The van der Waals surface area contributed by atoms with Crippen LogP contribution in [-0.2, 0) is 33.1 Å². The zero-order chi connectivity index (χ0) is 29.3. The molecule has 1 saturated heterocycles. The average molecular weight is 577 g/mol. The number of hydrogen-bond acceptors (Lipinski definition) is 6. The minimum absolute atomic E-state index is 0.0633. The van der Waals surface area contributed by atoms with Gasteiger partial charge in [-0.25, -0.2) is 22.6 Å². The van der Waals surface area contributed by atoms with Crippen molar-refractivity contribution in [1.29, 1.82) is 0 Å². The molecule has 2 atom stereocenters. The van der Waals surface area contributed by atoms with Gasteiger partial charge in [-0.3, -0.25) is 9.59 Å². The Labute approximate surface area is 235 Å². The molecule has 12 heteroatoms. The van der Waals surface area contributed by atoms with E-state index >= 15 is 0 Å². The van der Waals surface area contributed by atoms with Crippen molar-refractivity contribution in [2.45, 2.75) is 36.2 Å². The Bertz CT molecular complexity index is 1870. The topological polar surface area (TPSA) is 148 Å². The number of amides is 1. The lowest BCUT2D eigenvalue weighted by molar-refractivity contribution is -0.142. The van der Waals surface area contributed by atoms with Crippen molar-refractivity contribution in [3.63, 3.8) is 0 Å². The summed E-state index contributed by atoms with van der Waals surface area (Å²) >= 11 is 0. The van der Waals surface area contributed by atoms with Crippen molar-refractivity contribution in [3.8, 4) is 5.69 Å². The Hall–Kier alpha value is -4.55. The van der Waals surface area contributed by atoms with Crippen LogP contribution in [0, 0.1) is 0 Å². The number of carboxylic acids is 1. The maximum Gasteiger partial charge on any atom is 0.335 e. The number of benzene rings is 3. The molecule has 2 heterocycles. The van der Waals surface area contributed by atoms with E-state index in [1.807, 2.05) is 0 Å². The SMILES string of the molecule is Cn1ccc(=O)n(-c2cccc3c(C[C@H](NC(=O)[C@@H]4CCCN4S(=O)(=O)c4ccccc4)C(=O)O)cccc23)c1=O. The summed E-state index contributed by atoms with van der Waals surface area (Å²) in [5.74, 6) is -1.97. The van der Waals surface area contributed by atoms with Gasteiger partial charge in [0.05, 0.1) is 10.6 Å². The molecule has 2 N–H and O–H groups in total. The first-order valence-electron chi connectivity index (χ1n) is 13.0. The van der Waals surface area contributed by atoms with E-state index in [9.17, 15) is 32.7 Å². The van der Waals surface area contributed by atoms with Gasteiger partial charge >= 0.3 is 11.7 Å². The molecule has 212 valence electrons. The fourth-order valence-corrected chi connectivity index (χ4v) is 6.90. The molecule has 1 fully saturated rings. The summed E-state index contributed by atoms with van der Waals surface area (Å²) in [5, 5.41) is 13.7. The normalized spacial score (nSPS) is 16.5. The summed E-state index contributed by atoms with van der Waals surface area (Å²) < 4.78 is 29.9. The van der Waals surface area contributed by atoms with Gasteiger partial charge < -0.3 is 15.0 Å². The standard InChI is InChI=1S/C29H28N4O7S/c1-31-17-15-26(34)33(29(31)38)24-13-6-11-21-19(8-5-12-22(21)24)18-23(28(36)37)30-27(35)25-14-7-16-32(25)41(39,40)20-9-3-2-4-10-20/h2-6,8-13,15,17,23,25H,7,14,16,18H2,1H3,(H,30,35)(H,36,37)/t23-,25-/m0/s1. The number of aromatic nitrogens is 2. The van der Waals surface area contributed by atoms with Crippen LogP contribution >= 0.6 is 0 Å². The molecule has 1 aliphatic rings. The number of rotatable bonds is 8. The zero-order valence-corrected chi connectivity index (χ0v) is 23.0. The number of nitrogens with one attached hydrogen (secondary N) is 1. The third-order valence-electron chi connectivity index (χ3n) is 7.28. The van der Waals surface area contributed by atoms with Gasteiger partial charge in [-0.2, -0.15) is 4.31 Å². The van der Waals surface area contributed by atoms with Crippen LogP contribution in [0.25, 0.3) is 16.5 Å². The Balaban J connectivity index is 1.44. The lowest BCUT2D eigenvalue weighted by atomic mass is 9.97. The monoisotopic (exact) mass is 576 g/mol. The highest BCUT2D eigenvalue weighted by molar-refractivity contribution is 7.89. The van der Waals surface area contributed by atoms with Gasteiger partial charge in [-0.15, -0.1) is 0 Å². The third-order valence-corrected chi connectivity index (χ3v) is 9.20. The molecule has 0 saturated carbocycles. The number of carbonyl (C=O) groups is 2. The minimum atomic E-state index is -3.95. The number of carbonyl (C=O) groups excluding carboxylic acids is 1. The minimum Gasteiger partial charge on any atom is -0.480 e. The number of aryl methyl sites for hydroxylation is 1.